The summed E-state index contributed by atoms with van der Waals surface area (Å²) in [5.41, 5.74) is 3.40. The van der Waals surface area contributed by atoms with Crippen LogP contribution < -0.4 is 4.90 Å². The Morgan fingerprint density at radius 2 is 1.79 bits per heavy atom. The number of benzene rings is 2. The summed E-state index contributed by atoms with van der Waals surface area (Å²) in [5.74, 6) is 1.61. The molecule has 5 rings (SSSR count). The molecular formula is C23H22ClN5. The van der Waals surface area contributed by atoms with Crippen LogP contribution in [0.1, 0.15) is 29.9 Å². The Labute approximate surface area is 175 Å². The molecule has 0 saturated carbocycles. The SMILES string of the molecule is Clc1cccc(Cn2ncc3c(N4CCC(c5ccccc5)CC4)ncnc32)c1. The number of aromatic nitrogens is 4. The van der Waals surface area contributed by atoms with Gasteiger partial charge in [0, 0.05) is 18.1 Å². The van der Waals surface area contributed by atoms with Crippen LogP contribution in [0.2, 0.25) is 5.02 Å². The zero-order valence-electron chi connectivity index (χ0n) is 16.1. The van der Waals surface area contributed by atoms with E-state index in [9.17, 15) is 0 Å². The molecule has 0 unspecified atom stereocenters. The van der Waals surface area contributed by atoms with Gasteiger partial charge in [0.15, 0.2) is 5.65 Å². The minimum atomic E-state index is 0.621. The fourth-order valence-electron chi connectivity index (χ4n) is 4.21. The second-order valence-corrected chi connectivity index (χ2v) is 7.98. The number of rotatable bonds is 4. The highest BCUT2D eigenvalue weighted by molar-refractivity contribution is 6.30. The van der Waals surface area contributed by atoms with Crippen molar-refractivity contribution in [3.05, 3.63) is 83.3 Å². The van der Waals surface area contributed by atoms with Gasteiger partial charge in [-0.05, 0) is 42.0 Å². The molecule has 1 fully saturated rings. The van der Waals surface area contributed by atoms with E-state index in [-0.39, 0.29) is 0 Å². The molecular weight excluding hydrogens is 382 g/mol. The van der Waals surface area contributed by atoms with E-state index >= 15 is 0 Å². The van der Waals surface area contributed by atoms with E-state index in [0.717, 1.165) is 53.4 Å². The maximum absolute atomic E-state index is 6.12. The van der Waals surface area contributed by atoms with Gasteiger partial charge in [-0.3, -0.25) is 0 Å². The normalized spacial score (nSPS) is 15.1. The fraction of sp³-hybridized carbons (Fsp3) is 0.261. The zero-order chi connectivity index (χ0) is 19.6. The van der Waals surface area contributed by atoms with Crippen molar-refractivity contribution in [1.82, 2.24) is 19.7 Å². The van der Waals surface area contributed by atoms with E-state index in [1.165, 1.54) is 5.56 Å². The molecule has 0 atom stereocenters. The molecule has 146 valence electrons. The third-order valence-electron chi connectivity index (χ3n) is 5.70. The van der Waals surface area contributed by atoms with E-state index in [4.69, 9.17) is 11.6 Å². The summed E-state index contributed by atoms with van der Waals surface area (Å²) in [4.78, 5) is 11.5. The van der Waals surface area contributed by atoms with Crippen molar-refractivity contribution in [1.29, 1.82) is 0 Å². The van der Waals surface area contributed by atoms with Gasteiger partial charge in [-0.2, -0.15) is 5.10 Å². The van der Waals surface area contributed by atoms with Crippen LogP contribution in [0, 0.1) is 0 Å². The van der Waals surface area contributed by atoms with Crippen LogP contribution in [0.4, 0.5) is 5.82 Å². The van der Waals surface area contributed by atoms with Crippen molar-refractivity contribution >= 4 is 28.5 Å². The van der Waals surface area contributed by atoms with Crippen LogP contribution >= 0.6 is 11.6 Å². The summed E-state index contributed by atoms with van der Waals surface area (Å²) in [6, 6.07) is 18.7. The van der Waals surface area contributed by atoms with Crippen LogP contribution in [0.25, 0.3) is 11.0 Å². The predicted octanol–water partition coefficient (Wildman–Crippen LogP) is 4.91. The molecule has 1 aliphatic rings. The summed E-state index contributed by atoms with van der Waals surface area (Å²) >= 11 is 6.12. The van der Waals surface area contributed by atoms with Gasteiger partial charge in [0.1, 0.15) is 12.1 Å². The quantitative estimate of drug-likeness (QED) is 0.485. The molecule has 1 aliphatic heterocycles. The van der Waals surface area contributed by atoms with Crippen molar-refractivity contribution in [2.45, 2.75) is 25.3 Å². The Kier molecular flexibility index (Phi) is 4.90. The van der Waals surface area contributed by atoms with E-state index in [0.29, 0.717) is 12.5 Å². The predicted molar refractivity (Wildman–Crippen MR) is 117 cm³/mol. The molecule has 0 bridgehead atoms. The molecule has 4 aromatic rings. The molecule has 0 N–H and O–H groups in total. The van der Waals surface area contributed by atoms with Crippen LogP contribution in [-0.2, 0) is 6.54 Å². The fourth-order valence-corrected chi connectivity index (χ4v) is 4.42. The highest BCUT2D eigenvalue weighted by Gasteiger charge is 2.23. The monoisotopic (exact) mass is 403 g/mol. The lowest BCUT2D eigenvalue weighted by Crippen LogP contribution is -2.33. The van der Waals surface area contributed by atoms with Crippen LogP contribution in [0.15, 0.2) is 67.1 Å². The van der Waals surface area contributed by atoms with E-state index in [1.807, 2.05) is 29.1 Å². The molecule has 3 heterocycles. The van der Waals surface area contributed by atoms with Crippen molar-refractivity contribution in [3.63, 3.8) is 0 Å². The lowest BCUT2D eigenvalue weighted by Gasteiger charge is -2.33. The Morgan fingerprint density at radius 3 is 2.59 bits per heavy atom. The lowest BCUT2D eigenvalue weighted by molar-refractivity contribution is 0.503. The maximum atomic E-state index is 6.12. The molecule has 0 amide bonds. The summed E-state index contributed by atoms with van der Waals surface area (Å²) in [5, 5.41) is 6.32. The smallest absolute Gasteiger partial charge is 0.163 e. The highest BCUT2D eigenvalue weighted by atomic mass is 35.5. The molecule has 0 spiro atoms. The average molecular weight is 404 g/mol. The molecule has 0 aliphatic carbocycles. The number of halogens is 1. The van der Waals surface area contributed by atoms with Crippen LogP contribution in [-0.4, -0.2) is 32.8 Å². The summed E-state index contributed by atoms with van der Waals surface area (Å²) in [7, 11) is 0. The topological polar surface area (TPSA) is 46.8 Å². The molecule has 6 heteroatoms. The first-order valence-corrected chi connectivity index (χ1v) is 10.4. The highest BCUT2D eigenvalue weighted by Crippen LogP contribution is 2.32. The summed E-state index contributed by atoms with van der Waals surface area (Å²) < 4.78 is 1.92. The second-order valence-electron chi connectivity index (χ2n) is 7.54. The molecule has 1 saturated heterocycles. The van der Waals surface area contributed by atoms with Crippen molar-refractivity contribution in [3.8, 4) is 0 Å². The Morgan fingerprint density at radius 1 is 0.966 bits per heavy atom. The maximum Gasteiger partial charge on any atom is 0.163 e. The van der Waals surface area contributed by atoms with Gasteiger partial charge in [-0.25, -0.2) is 14.6 Å². The van der Waals surface area contributed by atoms with Gasteiger partial charge in [-0.15, -0.1) is 0 Å². The van der Waals surface area contributed by atoms with E-state index in [2.05, 4.69) is 56.4 Å². The number of hydrogen-bond donors (Lipinski definition) is 0. The Bertz CT molecular complexity index is 1120. The van der Waals surface area contributed by atoms with Crippen LogP contribution in [0.3, 0.4) is 0 Å². The third-order valence-corrected chi connectivity index (χ3v) is 5.93. The van der Waals surface area contributed by atoms with E-state index in [1.54, 1.807) is 6.33 Å². The minimum absolute atomic E-state index is 0.621. The first-order chi connectivity index (χ1) is 14.3. The number of fused-ring (bicyclic) bond motifs is 1. The van der Waals surface area contributed by atoms with Gasteiger partial charge in [0.05, 0.1) is 18.1 Å². The number of piperidine rings is 1. The number of hydrogen-bond acceptors (Lipinski definition) is 4. The zero-order valence-corrected chi connectivity index (χ0v) is 16.8. The number of nitrogens with zero attached hydrogens (tertiary/aromatic N) is 5. The largest absolute Gasteiger partial charge is 0.356 e. The van der Waals surface area contributed by atoms with Crippen molar-refractivity contribution in [2.75, 3.05) is 18.0 Å². The molecule has 5 nitrogen and oxygen atoms in total. The minimum Gasteiger partial charge on any atom is -0.356 e. The lowest BCUT2D eigenvalue weighted by atomic mass is 9.89. The van der Waals surface area contributed by atoms with E-state index < -0.39 is 0 Å². The first-order valence-electron chi connectivity index (χ1n) is 9.99. The molecule has 2 aromatic heterocycles. The van der Waals surface area contributed by atoms with Crippen molar-refractivity contribution in [2.24, 2.45) is 0 Å². The molecule has 0 radical (unpaired) electrons. The average Bonchev–Trinajstić information content (AvgIpc) is 3.17. The molecule has 29 heavy (non-hydrogen) atoms. The van der Waals surface area contributed by atoms with Crippen LogP contribution in [0.5, 0.6) is 0 Å². The van der Waals surface area contributed by atoms with Gasteiger partial charge < -0.3 is 4.90 Å². The van der Waals surface area contributed by atoms with Gasteiger partial charge in [0.2, 0.25) is 0 Å². The second kappa shape index (κ2) is 7.84. The first kappa shape index (κ1) is 18.1. The Balaban J connectivity index is 1.37. The third kappa shape index (κ3) is 3.70. The number of anilines is 1. The van der Waals surface area contributed by atoms with Gasteiger partial charge in [0.25, 0.3) is 0 Å². The van der Waals surface area contributed by atoms with Gasteiger partial charge >= 0.3 is 0 Å². The Hall–Kier alpha value is -2.92. The summed E-state index contributed by atoms with van der Waals surface area (Å²) in [6.07, 6.45) is 5.80. The van der Waals surface area contributed by atoms with Gasteiger partial charge in [-0.1, -0.05) is 54.1 Å². The van der Waals surface area contributed by atoms with Crippen molar-refractivity contribution < 1.29 is 0 Å². The standard InChI is InChI=1S/C23H22ClN5/c24-20-8-4-5-17(13-20)15-29-23-21(14-27-29)22(25-16-26-23)28-11-9-19(10-12-28)18-6-2-1-3-7-18/h1-8,13-14,16,19H,9-12,15H2. The summed E-state index contributed by atoms with van der Waals surface area (Å²) in [6.45, 7) is 2.62. The molecule has 2 aromatic carbocycles.